The zero-order chi connectivity index (χ0) is 37.3. The number of aryl methyl sites for hydroxylation is 2. The van der Waals surface area contributed by atoms with Crippen molar-refractivity contribution in [3.05, 3.63) is 102 Å². The number of piperazine rings is 1. The van der Waals surface area contributed by atoms with Gasteiger partial charge in [-0.3, -0.25) is 19.3 Å². The quantitative estimate of drug-likeness (QED) is 0.178. The summed E-state index contributed by atoms with van der Waals surface area (Å²) >= 11 is 6.66. The lowest BCUT2D eigenvalue weighted by atomic mass is 9.96. The van der Waals surface area contributed by atoms with Crippen LogP contribution in [0.1, 0.15) is 53.7 Å². The van der Waals surface area contributed by atoms with Crippen LogP contribution in [-0.2, 0) is 6.61 Å². The molecule has 2 fully saturated rings. The Morgan fingerprint density at radius 1 is 0.962 bits per heavy atom. The van der Waals surface area contributed by atoms with Crippen molar-refractivity contribution in [2.45, 2.75) is 71.4 Å². The van der Waals surface area contributed by atoms with E-state index in [0.717, 1.165) is 47.4 Å². The highest BCUT2D eigenvalue weighted by atomic mass is 35.5. The molecule has 2 atom stereocenters. The highest BCUT2D eigenvalue weighted by molar-refractivity contribution is 6.33. The maximum absolute atomic E-state index is 13.7. The highest BCUT2D eigenvalue weighted by Gasteiger charge is 2.37. The van der Waals surface area contributed by atoms with E-state index in [0.29, 0.717) is 43.1 Å². The van der Waals surface area contributed by atoms with Crippen molar-refractivity contribution in [3.8, 4) is 5.75 Å². The number of nitrogens with one attached hydrogen (secondary N) is 2. The number of likely N-dealkylation sites (tertiary alicyclic amines) is 1. The number of rotatable bonds is 10. The number of pyridine rings is 1. The first-order chi connectivity index (χ1) is 24.7. The number of piperidine rings is 1. The fourth-order valence-corrected chi connectivity index (χ4v) is 7.60. The number of hydrogen-bond acceptors (Lipinski definition) is 9. The van der Waals surface area contributed by atoms with E-state index in [1.165, 1.54) is 6.20 Å². The van der Waals surface area contributed by atoms with Crippen molar-refractivity contribution in [2.24, 2.45) is 0 Å². The number of aromatic nitrogens is 1. The van der Waals surface area contributed by atoms with E-state index in [4.69, 9.17) is 16.3 Å². The molecular formula is C38H42ClF3N6O4. The molecule has 276 valence electrons. The van der Waals surface area contributed by atoms with Crippen molar-refractivity contribution in [1.29, 1.82) is 0 Å². The number of benzene rings is 2. The SMILES string of the molecule is Cc1cc(OCc2ccccc2)cc(C)c1C(=O)N1CCC(N2C[C@H](C)N(c3ncc(Nc4c(NCC(F)(F)F)c(=O)c4=O)cc3Cl)C[C@H]2C)CC1. The zero-order valence-electron chi connectivity index (χ0n) is 29.5. The molecule has 3 aromatic carbocycles. The van der Waals surface area contributed by atoms with Crippen LogP contribution in [-0.4, -0.2) is 77.7 Å². The Balaban J connectivity index is 1.04. The maximum atomic E-state index is 13.7. The second-order valence-electron chi connectivity index (χ2n) is 13.8. The Kier molecular flexibility index (Phi) is 10.8. The molecule has 0 bridgehead atoms. The van der Waals surface area contributed by atoms with Crippen molar-refractivity contribution < 1.29 is 22.7 Å². The average molecular weight is 739 g/mol. The molecule has 2 N–H and O–H groups in total. The minimum absolute atomic E-state index is 0.0475. The van der Waals surface area contributed by atoms with Crippen LogP contribution in [0.2, 0.25) is 5.02 Å². The summed E-state index contributed by atoms with van der Waals surface area (Å²) < 4.78 is 44.0. The normalized spacial score (nSPS) is 18.8. The number of hydrogen-bond donors (Lipinski definition) is 2. The van der Waals surface area contributed by atoms with Crippen LogP contribution >= 0.6 is 11.6 Å². The first kappa shape index (κ1) is 37.1. The van der Waals surface area contributed by atoms with Crippen LogP contribution in [0.15, 0.2) is 64.3 Å². The minimum Gasteiger partial charge on any atom is -0.489 e. The summed E-state index contributed by atoms with van der Waals surface area (Å²) in [6.07, 6.45) is -1.40. The Hall–Kier alpha value is -4.62. The summed E-state index contributed by atoms with van der Waals surface area (Å²) in [7, 11) is 0. The van der Waals surface area contributed by atoms with Gasteiger partial charge in [-0.25, -0.2) is 4.98 Å². The van der Waals surface area contributed by atoms with Crippen LogP contribution in [0.25, 0.3) is 0 Å². The number of halogens is 4. The fraction of sp³-hybridized carbons (Fsp3) is 0.421. The smallest absolute Gasteiger partial charge is 0.405 e. The zero-order valence-corrected chi connectivity index (χ0v) is 30.3. The van der Waals surface area contributed by atoms with Gasteiger partial charge >= 0.3 is 6.18 Å². The predicted molar refractivity (Wildman–Crippen MR) is 197 cm³/mol. The van der Waals surface area contributed by atoms with Gasteiger partial charge in [-0.05, 0) is 75.4 Å². The second kappa shape index (κ2) is 15.2. The minimum atomic E-state index is -4.55. The number of carbonyl (C=O) groups is 1. The van der Waals surface area contributed by atoms with Gasteiger partial charge in [-0.1, -0.05) is 41.9 Å². The van der Waals surface area contributed by atoms with Crippen LogP contribution in [0.4, 0.5) is 36.1 Å². The van der Waals surface area contributed by atoms with Crippen LogP contribution in [0, 0.1) is 13.8 Å². The van der Waals surface area contributed by atoms with Crippen molar-refractivity contribution in [3.63, 3.8) is 0 Å². The molecule has 3 heterocycles. The van der Waals surface area contributed by atoms with E-state index in [2.05, 4.69) is 33.9 Å². The number of carbonyl (C=O) groups excluding carboxylic acids is 1. The molecule has 0 saturated carbocycles. The summed E-state index contributed by atoms with van der Waals surface area (Å²) in [4.78, 5) is 48.8. The van der Waals surface area contributed by atoms with Gasteiger partial charge in [0.05, 0.1) is 16.9 Å². The summed E-state index contributed by atoms with van der Waals surface area (Å²) in [6.45, 7) is 9.94. The summed E-state index contributed by atoms with van der Waals surface area (Å²) in [5, 5.41) is 4.99. The molecule has 6 rings (SSSR count). The van der Waals surface area contributed by atoms with Crippen molar-refractivity contribution in [2.75, 3.05) is 48.3 Å². The Bertz CT molecular complexity index is 1970. The lowest BCUT2D eigenvalue weighted by Crippen LogP contribution is -2.61. The Labute approximate surface area is 305 Å². The first-order valence-electron chi connectivity index (χ1n) is 17.4. The number of ether oxygens (including phenoxy) is 1. The summed E-state index contributed by atoms with van der Waals surface area (Å²) in [5.41, 5.74) is 1.29. The van der Waals surface area contributed by atoms with E-state index in [9.17, 15) is 27.6 Å². The number of anilines is 4. The third kappa shape index (κ3) is 8.05. The molecule has 2 aliphatic heterocycles. The maximum Gasteiger partial charge on any atom is 0.405 e. The molecule has 14 heteroatoms. The molecular weight excluding hydrogens is 697 g/mol. The van der Waals surface area contributed by atoms with E-state index < -0.39 is 29.3 Å². The number of amides is 1. The molecule has 2 saturated heterocycles. The molecule has 1 amide bonds. The highest BCUT2D eigenvalue weighted by Crippen LogP contribution is 2.34. The second-order valence-corrected chi connectivity index (χ2v) is 14.2. The van der Waals surface area contributed by atoms with Gasteiger partial charge in [0.25, 0.3) is 16.8 Å². The van der Waals surface area contributed by atoms with E-state index in [1.807, 2.05) is 66.5 Å². The fourth-order valence-electron chi connectivity index (χ4n) is 7.32. The van der Waals surface area contributed by atoms with Gasteiger partial charge in [0, 0.05) is 49.9 Å². The molecule has 52 heavy (non-hydrogen) atoms. The standard InChI is InChI=1S/C38H42ClF3N6O4/c1-22-14-29(52-20-26-8-6-5-7-9-26)15-23(2)31(22)37(51)46-12-10-28(11-13-46)47-18-25(4)48(19-24(47)3)36-30(39)16-27(17-43-36)45-33-32(34(49)35(33)50)44-21-38(40,41)42/h5-9,14-17,24-25,28,44-45H,10-13,18-21H2,1-4H3/t24-,25+/m1/s1. The van der Waals surface area contributed by atoms with Crippen LogP contribution in [0.5, 0.6) is 5.75 Å². The van der Waals surface area contributed by atoms with Gasteiger partial charge in [-0.15, -0.1) is 0 Å². The van der Waals surface area contributed by atoms with E-state index in [-0.39, 0.29) is 29.4 Å². The predicted octanol–water partition coefficient (Wildman–Crippen LogP) is 6.45. The molecule has 0 unspecified atom stereocenters. The molecule has 0 aliphatic carbocycles. The third-order valence-corrected chi connectivity index (χ3v) is 10.2. The largest absolute Gasteiger partial charge is 0.489 e. The topological polar surface area (TPSA) is 107 Å². The molecule has 1 aromatic heterocycles. The van der Waals surface area contributed by atoms with Gasteiger partial charge in [0.1, 0.15) is 36.1 Å². The van der Waals surface area contributed by atoms with Gasteiger partial charge in [0.2, 0.25) is 0 Å². The number of nitrogens with zero attached hydrogens (tertiary/aromatic N) is 4. The molecule has 10 nitrogen and oxygen atoms in total. The first-order valence-corrected chi connectivity index (χ1v) is 17.7. The molecule has 2 aliphatic rings. The van der Waals surface area contributed by atoms with Crippen LogP contribution in [0.3, 0.4) is 0 Å². The third-order valence-electron chi connectivity index (χ3n) is 9.96. The summed E-state index contributed by atoms with van der Waals surface area (Å²) in [6, 6.07) is 15.9. The Morgan fingerprint density at radius 3 is 2.25 bits per heavy atom. The van der Waals surface area contributed by atoms with Gasteiger partial charge < -0.3 is 25.2 Å². The van der Waals surface area contributed by atoms with E-state index in [1.54, 1.807) is 6.07 Å². The lowest BCUT2D eigenvalue weighted by Gasteiger charge is -2.49. The average Bonchev–Trinajstić information content (AvgIpc) is 3.11. The monoisotopic (exact) mass is 738 g/mol. The Morgan fingerprint density at radius 2 is 1.62 bits per heavy atom. The van der Waals surface area contributed by atoms with Gasteiger partial charge in [0.15, 0.2) is 0 Å². The molecule has 0 radical (unpaired) electrons. The van der Waals surface area contributed by atoms with Crippen molar-refractivity contribution >= 4 is 40.4 Å². The lowest BCUT2D eigenvalue weighted by molar-refractivity contribution is -0.115. The van der Waals surface area contributed by atoms with E-state index >= 15 is 0 Å². The number of alkyl halides is 3. The van der Waals surface area contributed by atoms with Crippen LogP contribution < -0.4 is 31.1 Å². The van der Waals surface area contributed by atoms with Gasteiger partial charge in [-0.2, -0.15) is 13.2 Å². The molecule has 4 aromatic rings. The summed E-state index contributed by atoms with van der Waals surface area (Å²) in [5.74, 6) is 1.34. The molecule has 0 spiro atoms. The van der Waals surface area contributed by atoms with Crippen molar-refractivity contribution in [1.82, 2.24) is 14.8 Å².